The molecule has 1 atom stereocenters. The second-order valence-corrected chi connectivity index (χ2v) is 1.46. The van der Waals surface area contributed by atoms with Crippen LogP contribution >= 0.6 is 0 Å². The standard InChI is InChI=1S/C4H11NO2/c1-2-4(6)3-5-7/h4,6H,2-3,5H2,1H3. The number of hydrogen-bond donors (Lipinski definition) is 2. The van der Waals surface area contributed by atoms with Crippen molar-refractivity contribution in [1.29, 1.82) is 0 Å². The molecule has 0 aromatic carbocycles. The number of aliphatic hydroxyl groups excluding tert-OH is 1. The smallest absolute Gasteiger partial charge is 0.103 e. The van der Waals surface area contributed by atoms with Crippen LogP contribution in [0, 0.1) is 5.21 Å². The SMILES string of the molecule is CCC(O)C[NH2+][O-]. The maximum absolute atomic E-state index is 9.61. The third-order valence-corrected chi connectivity index (χ3v) is 0.840. The third kappa shape index (κ3) is 3.72. The number of nitrogens with two attached hydrogens (primary N) is 1. The zero-order chi connectivity index (χ0) is 5.70. The van der Waals surface area contributed by atoms with E-state index < -0.39 is 6.10 Å². The summed E-state index contributed by atoms with van der Waals surface area (Å²) in [4.78, 5) is 0. The van der Waals surface area contributed by atoms with E-state index in [2.05, 4.69) is 0 Å². The lowest BCUT2D eigenvalue weighted by Crippen LogP contribution is -2.79. The molecule has 0 saturated heterocycles. The Morgan fingerprint density at radius 2 is 2.43 bits per heavy atom. The Morgan fingerprint density at radius 3 is 2.57 bits per heavy atom. The minimum atomic E-state index is -0.419. The van der Waals surface area contributed by atoms with E-state index in [0.717, 1.165) is 5.48 Å². The number of hydroxylamine groups is 1. The molecule has 0 fully saturated rings. The summed E-state index contributed by atoms with van der Waals surface area (Å²) >= 11 is 0. The van der Waals surface area contributed by atoms with Crippen molar-refractivity contribution in [2.45, 2.75) is 19.4 Å². The average molecular weight is 105 g/mol. The normalized spacial score (nSPS) is 14.1. The van der Waals surface area contributed by atoms with E-state index in [1.54, 1.807) is 0 Å². The van der Waals surface area contributed by atoms with Gasteiger partial charge in [-0.2, -0.15) is 0 Å². The van der Waals surface area contributed by atoms with Crippen molar-refractivity contribution < 1.29 is 10.6 Å². The molecule has 0 rings (SSSR count). The first-order valence-corrected chi connectivity index (χ1v) is 2.43. The Morgan fingerprint density at radius 1 is 1.86 bits per heavy atom. The van der Waals surface area contributed by atoms with Crippen molar-refractivity contribution in [2.24, 2.45) is 0 Å². The Balaban J connectivity index is 2.83. The van der Waals surface area contributed by atoms with Gasteiger partial charge in [0.2, 0.25) is 0 Å². The lowest BCUT2D eigenvalue weighted by Gasteiger charge is -2.05. The van der Waals surface area contributed by atoms with Crippen LogP contribution in [0.1, 0.15) is 13.3 Å². The Hall–Kier alpha value is -0.120. The Labute approximate surface area is 42.9 Å². The van der Waals surface area contributed by atoms with Crippen molar-refractivity contribution in [3.63, 3.8) is 0 Å². The van der Waals surface area contributed by atoms with E-state index in [-0.39, 0.29) is 6.54 Å². The minimum Gasteiger partial charge on any atom is -0.636 e. The summed E-state index contributed by atoms with van der Waals surface area (Å²) in [6.07, 6.45) is 0.246. The molecule has 0 aliphatic heterocycles. The molecular formula is C4H11NO2. The highest BCUT2D eigenvalue weighted by molar-refractivity contribution is 4.44. The summed E-state index contributed by atoms with van der Waals surface area (Å²) < 4.78 is 0. The molecular weight excluding hydrogens is 94.0 g/mol. The van der Waals surface area contributed by atoms with Gasteiger partial charge in [-0.25, -0.2) is 0 Å². The van der Waals surface area contributed by atoms with Gasteiger partial charge in [0.05, 0.1) is 0 Å². The molecule has 0 aliphatic rings. The van der Waals surface area contributed by atoms with E-state index in [4.69, 9.17) is 5.11 Å². The third-order valence-electron chi connectivity index (χ3n) is 0.840. The molecule has 0 heterocycles. The number of aliphatic hydroxyl groups is 1. The van der Waals surface area contributed by atoms with Gasteiger partial charge < -0.3 is 15.8 Å². The highest BCUT2D eigenvalue weighted by Gasteiger charge is 1.96. The van der Waals surface area contributed by atoms with Gasteiger partial charge >= 0.3 is 0 Å². The van der Waals surface area contributed by atoms with E-state index in [0.29, 0.717) is 6.42 Å². The Bertz CT molecular complexity index is 40.7. The summed E-state index contributed by atoms with van der Waals surface area (Å²) in [6, 6.07) is 0. The second kappa shape index (κ2) is 4.05. The van der Waals surface area contributed by atoms with Crippen LogP contribution < -0.4 is 5.48 Å². The van der Waals surface area contributed by atoms with Gasteiger partial charge in [0.25, 0.3) is 0 Å². The molecule has 3 heteroatoms. The summed E-state index contributed by atoms with van der Waals surface area (Å²) in [5, 5.41) is 18.2. The topological polar surface area (TPSA) is 59.9 Å². The number of hydrogen-bond acceptors (Lipinski definition) is 2. The van der Waals surface area contributed by atoms with Gasteiger partial charge in [-0.15, -0.1) is 0 Å². The predicted molar refractivity (Wildman–Crippen MR) is 26.5 cm³/mol. The quantitative estimate of drug-likeness (QED) is 0.444. The van der Waals surface area contributed by atoms with Crippen LogP contribution in [-0.2, 0) is 0 Å². The monoisotopic (exact) mass is 105 g/mol. The van der Waals surface area contributed by atoms with E-state index in [1.165, 1.54) is 0 Å². The van der Waals surface area contributed by atoms with Crippen molar-refractivity contribution in [3.8, 4) is 0 Å². The molecule has 0 radical (unpaired) electrons. The van der Waals surface area contributed by atoms with Crippen LogP contribution in [0.2, 0.25) is 0 Å². The molecule has 3 nitrogen and oxygen atoms in total. The van der Waals surface area contributed by atoms with Crippen LogP contribution in [0.4, 0.5) is 0 Å². The summed E-state index contributed by atoms with van der Waals surface area (Å²) in [6.45, 7) is 2.12. The van der Waals surface area contributed by atoms with Crippen LogP contribution in [0.15, 0.2) is 0 Å². The number of rotatable bonds is 3. The molecule has 0 amide bonds. The van der Waals surface area contributed by atoms with Crippen molar-refractivity contribution >= 4 is 0 Å². The molecule has 0 aliphatic carbocycles. The molecule has 7 heavy (non-hydrogen) atoms. The zero-order valence-corrected chi connectivity index (χ0v) is 4.42. The summed E-state index contributed by atoms with van der Waals surface area (Å²) in [7, 11) is 0. The van der Waals surface area contributed by atoms with E-state index >= 15 is 0 Å². The predicted octanol–water partition coefficient (Wildman–Crippen LogP) is -1.18. The fourth-order valence-electron chi connectivity index (χ4n) is 0.278. The fourth-order valence-corrected chi connectivity index (χ4v) is 0.278. The first-order chi connectivity index (χ1) is 3.31. The molecule has 44 valence electrons. The van der Waals surface area contributed by atoms with Gasteiger partial charge in [0.15, 0.2) is 0 Å². The molecule has 0 aromatic heterocycles. The molecule has 0 bridgehead atoms. The number of quaternary nitrogens is 1. The van der Waals surface area contributed by atoms with Gasteiger partial charge in [-0.3, -0.25) is 0 Å². The Kier molecular flexibility index (Phi) is 3.98. The lowest BCUT2D eigenvalue weighted by molar-refractivity contribution is -0.596. The van der Waals surface area contributed by atoms with E-state index in [9.17, 15) is 5.21 Å². The van der Waals surface area contributed by atoms with Gasteiger partial charge in [0, 0.05) is 0 Å². The van der Waals surface area contributed by atoms with Crippen LogP contribution in [0.25, 0.3) is 0 Å². The second-order valence-electron chi connectivity index (χ2n) is 1.46. The van der Waals surface area contributed by atoms with Gasteiger partial charge in [-0.1, -0.05) is 6.92 Å². The molecule has 0 spiro atoms. The molecule has 3 N–H and O–H groups in total. The maximum Gasteiger partial charge on any atom is 0.103 e. The summed E-state index contributed by atoms with van der Waals surface area (Å²) in [5.74, 6) is 0. The fraction of sp³-hybridized carbons (Fsp3) is 1.00. The molecule has 0 aromatic rings. The molecule has 1 unspecified atom stereocenters. The highest BCUT2D eigenvalue weighted by Crippen LogP contribution is 1.81. The maximum atomic E-state index is 9.61. The molecule has 0 saturated carbocycles. The van der Waals surface area contributed by atoms with Gasteiger partial charge in [-0.05, 0) is 6.42 Å². The first-order valence-electron chi connectivity index (χ1n) is 2.43. The van der Waals surface area contributed by atoms with Crippen LogP contribution in [-0.4, -0.2) is 17.8 Å². The zero-order valence-electron chi connectivity index (χ0n) is 4.42. The summed E-state index contributed by atoms with van der Waals surface area (Å²) in [5.41, 5.74) is 0.730. The minimum absolute atomic E-state index is 0.274. The largest absolute Gasteiger partial charge is 0.636 e. The van der Waals surface area contributed by atoms with Gasteiger partial charge in [0.1, 0.15) is 12.6 Å². The van der Waals surface area contributed by atoms with E-state index in [1.807, 2.05) is 6.92 Å². The first kappa shape index (κ1) is 6.88. The van der Waals surface area contributed by atoms with Crippen molar-refractivity contribution in [1.82, 2.24) is 0 Å². The van der Waals surface area contributed by atoms with Crippen molar-refractivity contribution in [2.75, 3.05) is 6.54 Å². The average Bonchev–Trinajstić information content (AvgIpc) is 1.68. The lowest BCUT2D eigenvalue weighted by atomic mass is 10.3. The van der Waals surface area contributed by atoms with Crippen molar-refractivity contribution in [3.05, 3.63) is 5.21 Å². The highest BCUT2D eigenvalue weighted by atomic mass is 16.5. The van der Waals surface area contributed by atoms with Crippen LogP contribution in [0.3, 0.4) is 0 Å². The van der Waals surface area contributed by atoms with Crippen LogP contribution in [0.5, 0.6) is 0 Å².